The maximum atomic E-state index is 11.5. The molecule has 0 aliphatic rings. The van der Waals surface area contributed by atoms with Gasteiger partial charge in [-0.2, -0.15) is 0 Å². The van der Waals surface area contributed by atoms with Crippen LogP contribution >= 0.6 is 0 Å². The molecule has 3 heteroatoms. The molecule has 0 spiro atoms. The largest absolute Gasteiger partial charge is 0.481 e. The van der Waals surface area contributed by atoms with Crippen LogP contribution in [0.5, 0.6) is 0 Å². The number of hydrogen-bond acceptors (Lipinski definition) is 2. The van der Waals surface area contributed by atoms with Crippen LogP contribution in [0.4, 0.5) is 0 Å². The van der Waals surface area contributed by atoms with Gasteiger partial charge in [-0.3, -0.25) is 4.79 Å². The van der Waals surface area contributed by atoms with Crippen LogP contribution in [0.1, 0.15) is 35.6 Å². The van der Waals surface area contributed by atoms with Crippen molar-refractivity contribution in [2.45, 2.75) is 40.5 Å². The fourth-order valence-corrected chi connectivity index (χ4v) is 2.48. The SMILES string of the molecule is CCC(CN)(Cc1c(C)cc(C)cc1C)C(=O)O. The van der Waals surface area contributed by atoms with Gasteiger partial charge in [0, 0.05) is 6.54 Å². The number of aliphatic carboxylic acids is 1. The Morgan fingerprint density at radius 2 is 1.78 bits per heavy atom. The Labute approximate surface area is 109 Å². The molecule has 0 bridgehead atoms. The summed E-state index contributed by atoms with van der Waals surface area (Å²) in [5.41, 5.74) is 9.51. The standard InChI is InChI=1S/C15H23NO2/c1-5-15(9-16,14(17)18)8-13-11(3)6-10(2)7-12(13)4/h6-7H,5,8-9,16H2,1-4H3,(H,17,18). The third-order valence-corrected chi connectivity index (χ3v) is 3.88. The summed E-state index contributed by atoms with van der Waals surface area (Å²) in [4.78, 5) is 11.5. The molecule has 0 saturated carbocycles. The van der Waals surface area contributed by atoms with E-state index in [1.807, 2.05) is 20.8 Å². The summed E-state index contributed by atoms with van der Waals surface area (Å²) < 4.78 is 0. The van der Waals surface area contributed by atoms with E-state index in [0.29, 0.717) is 12.8 Å². The van der Waals surface area contributed by atoms with Gasteiger partial charge in [0.05, 0.1) is 5.41 Å². The van der Waals surface area contributed by atoms with Gasteiger partial charge >= 0.3 is 5.97 Å². The van der Waals surface area contributed by atoms with E-state index in [1.165, 1.54) is 5.56 Å². The van der Waals surface area contributed by atoms with Crippen LogP contribution in [0.25, 0.3) is 0 Å². The third-order valence-electron chi connectivity index (χ3n) is 3.88. The molecule has 1 unspecified atom stereocenters. The number of aryl methyl sites for hydroxylation is 3. The molecule has 1 aromatic rings. The molecule has 0 amide bonds. The van der Waals surface area contributed by atoms with Crippen molar-refractivity contribution in [3.8, 4) is 0 Å². The zero-order chi connectivity index (χ0) is 13.9. The van der Waals surface area contributed by atoms with Gasteiger partial charge in [0.15, 0.2) is 0 Å². The first-order valence-electron chi connectivity index (χ1n) is 6.36. The van der Waals surface area contributed by atoms with Gasteiger partial charge in [-0.15, -0.1) is 0 Å². The van der Waals surface area contributed by atoms with Crippen molar-refractivity contribution in [2.24, 2.45) is 11.1 Å². The summed E-state index contributed by atoms with van der Waals surface area (Å²) in [6.07, 6.45) is 1.05. The molecule has 3 nitrogen and oxygen atoms in total. The number of carboxylic acid groups (broad SMARTS) is 1. The first kappa shape index (κ1) is 14.7. The Morgan fingerprint density at radius 1 is 1.28 bits per heavy atom. The van der Waals surface area contributed by atoms with Crippen molar-refractivity contribution in [3.05, 3.63) is 34.4 Å². The van der Waals surface area contributed by atoms with E-state index in [9.17, 15) is 9.90 Å². The Kier molecular flexibility index (Phi) is 4.52. The average Bonchev–Trinajstić information content (AvgIpc) is 2.28. The van der Waals surface area contributed by atoms with Gasteiger partial charge in [-0.05, 0) is 50.3 Å². The number of rotatable bonds is 5. The molecular weight excluding hydrogens is 226 g/mol. The van der Waals surface area contributed by atoms with Crippen LogP contribution in [-0.2, 0) is 11.2 Å². The van der Waals surface area contributed by atoms with Crippen molar-refractivity contribution in [2.75, 3.05) is 6.54 Å². The highest BCUT2D eigenvalue weighted by atomic mass is 16.4. The highest BCUT2D eigenvalue weighted by Crippen LogP contribution is 2.30. The summed E-state index contributed by atoms with van der Waals surface area (Å²) >= 11 is 0. The van der Waals surface area contributed by atoms with Crippen molar-refractivity contribution < 1.29 is 9.90 Å². The number of carboxylic acids is 1. The minimum absolute atomic E-state index is 0.172. The van der Waals surface area contributed by atoms with Crippen LogP contribution in [-0.4, -0.2) is 17.6 Å². The fraction of sp³-hybridized carbons (Fsp3) is 0.533. The molecule has 1 aromatic carbocycles. The van der Waals surface area contributed by atoms with Crippen LogP contribution < -0.4 is 5.73 Å². The lowest BCUT2D eigenvalue weighted by Gasteiger charge is -2.28. The van der Waals surface area contributed by atoms with Crippen LogP contribution in [0.15, 0.2) is 12.1 Å². The molecule has 1 rings (SSSR count). The van der Waals surface area contributed by atoms with Gasteiger partial charge in [-0.1, -0.05) is 24.6 Å². The van der Waals surface area contributed by atoms with E-state index < -0.39 is 11.4 Å². The Hall–Kier alpha value is -1.35. The maximum absolute atomic E-state index is 11.5. The Balaban J connectivity index is 3.20. The number of carbonyl (C=O) groups is 1. The molecule has 0 saturated heterocycles. The van der Waals surface area contributed by atoms with E-state index in [-0.39, 0.29) is 6.54 Å². The molecule has 3 N–H and O–H groups in total. The van der Waals surface area contributed by atoms with Crippen molar-refractivity contribution >= 4 is 5.97 Å². The second-order valence-corrected chi connectivity index (χ2v) is 5.20. The molecule has 0 aliphatic carbocycles. The summed E-state index contributed by atoms with van der Waals surface area (Å²) in [7, 11) is 0. The fourth-order valence-electron chi connectivity index (χ4n) is 2.48. The molecule has 18 heavy (non-hydrogen) atoms. The van der Waals surface area contributed by atoms with E-state index in [4.69, 9.17) is 5.73 Å². The molecule has 0 heterocycles. The molecule has 0 aromatic heterocycles. The zero-order valence-electron chi connectivity index (χ0n) is 11.7. The summed E-state index contributed by atoms with van der Waals surface area (Å²) in [6.45, 7) is 8.19. The first-order chi connectivity index (χ1) is 8.36. The number of nitrogens with two attached hydrogens (primary N) is 1. The summed E-state index contributed by atoms with van der Waals surface area (Å²) in [5.74, 6) is -0.799. The van der Waals surface area contributed by atoms with Crippen LogP contribution in [0.2, 0.25) is 0 Å². The minimum Gasteiger partial charge on any atom is -0.481 e. The highest BCUT2D eigenvalue weighted by molar-refractivity contribution is 5.75. The molecule has 0 aliphatic heterocycles. The zero-order valence-corrected chi connectivity index (χ0v) is 11.7. The highest BCUT2D eigenvalue weighted by Gasteiger charge is 2.36. The average molecular weight is 249 g/mol. The second-order valence-electron chi connectivity index (χ2n) is 5.20. The molecule has 0 radical (unpaired) electrons. The topological polar surface area (TPSA) is 63.3 Å². The third kappa shape index (κ3) is 2.72. The smallest absolute Gasteiger partial charge is 0.311 e. The first-order valence-corrected chi connectivity index (χ1v) is 6.36. The molecule has 100 valence electrons. The normalized spacial score (nSPS) is 14.3. The maximum Gasteiger partial charge on any atom is 0.311 e. The minimum atomic E-state index is -0.842. The van der Waals surface area contributed by atoms with Gasteiger partial charge in [0.1, 0.15) is 0 Å². The molecule has 1 atom stereocenters. The lowest BCUT2D eigenvalue weighted by atomic mass is 9.77. The Morgan fingerprint density at radius 3 is 2.11 bits per heavy atom. The van der Waals surface area contributed by atoms with Crippen LogP contribution in [0, 0.1) is 26.2 Å². The quantitative estimate of drug-likeness (QED) is 0.843. The van der Waals surface area contributed by atoms with E-state index in [0.717, 1.165) is 16.7 Å². The lowest BCUT2D eigenvalue weighted by molar-refractivity contribution is -0.148. The van der Waals surface area contributed by atoms with Crippen molar-refractivity contribution in [1.29, 1.82) is 0 Å². The molecule has 0 fully saturated rings. The van der Waals surface area contributed by atoms with Crippen molar-refractivity contribution in [1.82, 2.24) is 0 Å². The predicted molar refractivity (Wildman–Crippen MR) is 73.8 cm³/mol. The van der Waals surface area contributed by atoms with Gasteiger partial charge in [-0.25, -0.2) is 0 Å². The van der Waals surface area contributed by atoms with Gasteiger partial charge in [0.2, 0.25) is 0 Å². The van der Waals surface area contributed by atoms with Crippen LogP contribution in [0.3, 0.4) is 0 Å². The van der Waals surface area contributed by atoms with E-state index in [2.05, 4.69) is 19.1 Å². The van der Waals surface area contributed by atoms with Gasteiger partial charge in [0.25, 0.3) is 0 Å². The lowest BCUT2D eigenvalue weighted by Crippen LogP contribution is -2.40. The summed E-state index contributed by atoms with van der Waals surface area (Å²) in [6, 6.07) is 4.20. The monoisotopic (exact) mass is 249 g/mol. The number of benzene rings is 1. The van der Waals surface area contributed by atoms with E-state index in [1.54, 1.807) is 0 Å². The Bertz CT molecular complexity index is 425. The number of hydrogen-bond donors (Lipinski definition) is 2. The van der Waals surface area contributed by atoms with E-state index >= 15 is 0 Å². The summed E-state index contributed by atoms with van der Waals surface area (Å²) in [5, 5.41) is 9.44. The predicted octanol–water partition coefficient (Wildman–Crippen LogP) is 2.59. The van der Waals surface area contributed by atoms with Gasteiger partial charge < -0.3 is 10.8 Å². The van der Waals surface area contributed by atoms with Crippen molar-refractivity contribution in [3.63, 3.8) is 0 Å². The second kappa shape index (κ2) is 5.53. The molecular formula is C15H23NO2.